The Hall–Kier alpha value is -2.56. The summed E-state index contributed by atoms with van der Waals surface area (Å²) in [4.78, 5) is 11.9. The Morgan fingerprint density at radius 2 is 2.19 bits per heavy atom. The Bertz CT molecular complexity index is 644. The molecule has 110 valence electrons. The summed E-state index contributed by atoms with van der Waals surface area (Å²) >= 11 is 0. The van der Waals surface area contributed by atoms with Gasteiger partial charge in [-0.2, -0.15) is 5.10 Å². The van der Waals surface area contributed by atoms with Crippen LogP contribution in [0.1, 0.15) is 25.5 Å². The number of carbonyl (C=O) groups is 1. The van der Waals surface area contributed by atoms with Crippen LogP contribution in [0.15, 0.2) is 42.6 Å². The zero-order valence-electron chi connectivity index (χ0n) is 12.4. The molecule has 0 aliphatic heterocycles. The van der Waals surface area contributed by atoms with Crippen molar-refractivity contribution in [1.29, 1.82) is 0 Å². The second kappa shape index (κ2) is 6.74. The average molecular weight is 285 g/mol. The molecule has 5 heteroatoms. The monoisotopic (exact) mass is 285 g/mol. The number of rotatable bonds is 5. The predicted octanol–water partition coefficient (Wildman–Crippen LogP) is 3.12. The van der Waals surface area contributed by atoms with E-state index in [1.807, 2.05) is 38.1 Å². The standard InChI is InChI=1S/C16H19N3O2/c1-12(2)19-15(9-10-17-19)18-16(20)8-7-13-5-4-6-14(11-13)21-3/h4-12H,1-3H3,(H,18,20). The lowest BCUT2D eigenvalue weighted by molar-refractivity contribution is -0.111. The molecule has 0 aliphatic carbocycles. The maximum absolute atomic E-state index is 11.9. The summed E-state index contributed by atoms with van der Waals surface area (Å²) in [7, 11) is 1.61. The lowest BCUT2D eigenvalue weighted by Gasteiger charge is -2.10. The van der Waals surface area contributed by atoms with Crippen LogP contribution in [-0.2, 0) is 4.79 Å². The van der Waals surface area contributed by atoms with Crippen LogP contribution in [0.25, 0.3) is 6.08 Å². The van der Waals surface area contributed by atoms with Crippen LogP contribution in [0, 0.1) is 0 Å². The second-order valence-corrected chi connectivity index (χ2v) is 4.85. The van der Waals surface area contributed by atoms with Crippen LogP contribution in [0.5, 0.6) is 5.75 Å². The summed E-state index contributed by atoms with van der Waals surface area (Å²) in [6.45, 7) is 4.02. The molecule has 0 fully saturated rings. The highest BCUT2D eigenvalue weighted by Crippen LogP contribution is 2.15. The molecular weight excluding hydrogens is 266 g/mol. The topological polar surface area (TPSA) is 56.1 Å². The summed E-state index contributed by atoms with van der Waals surface area (Å²) in [6.07, 6.45) is 4.90. The highest BCUT2D eigenvalue weighted by molar-refractivity contribution is 6.01. The number of carbonyl (C=O) groups excluding carboxylic acids is 1. The van der Waals surface area contributed by atoms with Crippen molar-refractivity contribution in [2.24, 2.45) is 0 Å². The normalized spacial score (nSPS) is 11.0. The van der Waals surface area contributed by atoms with E-state index in [1.54, 1.807) is 30.1 Å². The first-order chi connectivity index (χ1) is 10.1. The first-order valence-corrected chi connectivity index (χ1v) is 6.77. The number of aromatic nitrogens is 2. The van der Waals surface area contributed by atoms with Crippen LogP contribution in [0.3, 0.4) is 0 Å². The van der Waals surface area contributed by atoms with Gasteiger partial charge in [0, 0.05) is 18.2 Å². The fourth-order valence-electron chi connectivity index (χ4n) is 1.91. The summed E-state index contributed by atoms with van der Waals surface area (Å²) in [6, 6.07) is 9.48. The predicted molar refractivity (Wildman–Crippen MR) is 83.3 cm³/mol. The van der Waals surface area contributed by atoms with Crippen molar-refractivity contribution < 1.29 is 9.53 Å². The van der Waals surface area contributed by atoms with Gasteiger partial charge in [-0.15, -0.1) is 0 Å². The van der Waals surface area contributed by atoms with Crippen molar-refractivity contribution >= 4 is 17.8 Å². The fraction of sp³-hybridized carbons (Fsp3) is 0.250. The molecule has 0 atom stereocenters. The van der Waals surface area contributed by atoms with E-state index in [2.05, 4.69) is 10.4 Å². The third-order valence-electron chi connectivity index (χ3n) is 2.93. The van der Waals surface area contributed by atoms with E-state index >= 15 is 0 Å². The first kappa shape index (κ1) is 14.8. The van der Waals surface area contributed by atoms with Crippen molar-refractivity contribution in [2.45, 2.75) is 19.9 Å². The Morgan fingerprint density at radius 1 is 1.38 bits per heavy atom. The molecule has 0 saturated carbocycles. The van der Waals surface area contributed by atoms with Gasteiger partial charge in [0.25, 0.3) is 0 Å². The van der Waals surface area contributed by atoms with Crippen molar-refractivity contribution in [2.75, 3.05) is 12.4 Å². The molecule has 0 aliphatic rings. The fourth-order valence-corrected chi connectivity index (χ4v) is 1.91. The summed E-state index contributed by atoms with van der Waals surface area (Å²) in [5.74, 6) is 1.25. The van der Waals surface area contributed by atoms with E-state index in [4.69, 9.17) is 4.74 Å². The number of benzene rings is 1. The Morgan fingerprint density at radius 3 is 2.90 bits per heavy atom. The molecule has 21 heavy (non-hydrogen) atoms. The molecule has 5 nitrogen and oxygen atoms in total. The molecule has 0 spiro atoms. The molecule has 1 aromatic carbocycles. The first-order valence-electron chi connectivity index (χ1n) is 6.77. The maximum atomic E-state index is 11.9. The van der Waals surface area contributed by atoms with Gasteiger partial charge in [-0.25, -0.2) is 4.68 Å². The molecule has 0 bridgehead atoms. The number of nitrogens with one attached hydrogen (secondary N) is 1. The highest BCUT2D eigenvalue weighted by atomic mass is 16.5. The van der Waals surface area contributed by atoms with Gasteiger partial charge < -0.3 is 10.1 Å². The van der Waals surface area contributed by atoms with Crippen molar-refractivity contribution in [3.63, 3.8) is 0 Å². The Kier molecular flexibility index (Phi) is 4.77. The van der Waals surface area contributed by atoms with Gasteiger partial charge in [-0.3, -0.25) is 4.79 Å². The largest absolute Gasteiger partial charge is 0.497 e. The number of anilines is 1. The number of methoxy groups -OCH3 is 1. The number of nitrogens with zero attached hydrogens (tertiary/aromatic N) is 2. The minimum absolute atomic E-state index is 0.192. The van der Waals surface area contributed by atoms with Gasteiger partial charge in [-0.05, 0) is 37.6 Å². The maximum Gasteiger partial charge on any atom is 0.249 e. The summed E-state index contributed by atoms with van der Waals surface area (Å²) < 4.78 is 6.90. The summed E-state index contributed by atoms with van der Waals surface area (Å²) in [5, 5.41) is 6.99. The number of hydrogen-bond donors (Lipinski definition) is 1. The molecule has 1 N–H and O–H groups in total. The highest BCUT2D eigenvalue weighted by Gasteiger charge is 2.07. The van der Waals surface area contributed by atoms with E-state index < -0.39 is 0 Å². The zero-order chi connectivity index (χ0) is 15.2. The van der Waals surface area contributed by atoms with Crippen molar-refractivity contribution in [3.05, 3.63) is 48.2 Å². The Labute approximate surface area is 124 Å². The third kappa shape index (κ3) is 3.95. The van der Waals surface area contributed by atoms with Crippen LogP contribution in [-0.4, -0.2) is 22.8 Å². The third-order valence-corrected chi connectivity index (χ3v) is 2.93. The van der Waals surface area contributed by atoms with E-state index in [0.29, 0.717) is 5.82 Å². The summed E-state index contributed by atoms with van der Waals surface area (Å²) in [5.41, 5.74) is 0.905. The molecular formula is C16H19N3O2. The zero-order valence-corrected chi connectivity index (χ0v) is 12.4. The average Bonchev–Trinajstić information content (AvgIpc) is 2.93. The van der Waals surface area contributed by atoms with E-state index in [-0.39, 0.29) is 11.9 Å². The van der Waals surface area contributed by atoms with Gasteiger partial charge in [-0.1, -0.05) is 12.1 Å². The smallest absolute Gasteiger partial charge is 0.249 e. The van der Waals surface area contributed by atoms with Crippen LogP contribution < -0.4 is 10.1 Å². The van der Waals surface area contributed by atoms with Gasteiger partial charge in [0.15, 0.2) is 0 Å². The number of hydrogen-bond acceptors (Lipinski definition) is 3. The lowest BCUT2D eigenvalue weighted by atomic mass is 10.2. The molecule has 1 aromatic heterocycles. The molecule has 0 unspecified atom stereocenters. The van der Waals surface area contributed by atoms with E-state index in [0.717, 1.165) is 11.3 Å². The molecule has 0 radical (unpaired) electrons. The van der Waals surface area contributed by atoms with Gasteiger partial charge in [0.05, 0.1) is 13.3 Å². The van der Waals surface area contributed by atoms with Crippen LogP contribution in [0.4, 0.5) is 5.82 Å². The van der Waals surface area contributed by atoms with Crippen LogP contribution >= 0.6 is 0 Å². The molecule has 2 aromatic rings. The SMILES string of the molecule is COc1cccc(C=CC(=O)Nc2ccnn2C(C)C)c1. The molecule has 2 rings (SSSR count). The molecule has 0 saturated heterocycles. The van der Waals surface area contributed by atoms with Gasteiger partial charge in [0.2, 0.25) is 5.91 Å². The van der Waals surface area contributed by atoms with Crippen molar-refractivity contribution in [3.8, 4) is 5.75 Å². The van der Waals surface area contributed by atoms with Crippen molar-refractivity contribution in [1.82, 2.24) is 9.78 Å². The number of ether oxygens (including phenoxy) is 1. The molecule has 1 heterocycles. The van der Waals surface area contributed by atoms with E-state index in [1.165, 1.54) is 6.08 Å². The minimum Gasteiger partial charge on any atom is -0.497 e. The van der Waals surface area contributed by atoms with Gasteiger partial charge in [0.1, 0.15) is 11.6 Å². The van der Waals surface area contributed by atoms with Crippen LogP contribution in [0.2, 0.25) is 0 Å². The quantitative estimate of drug-likeness (QED) is 0.859. The molecule has 1 amide bonds. The lowest BCUT2D eigenvalue weighted by Crippen LogP contribution is -2.14. The Balaban J connectivity index is 2.04. The minimum atomic E-state index is -0.194. The van der Waals surface area contributed by atoms with Gasteiger partial charge >= 0.3 is 0 Å². The van der Waals surface area contributed by atoms with E-state index in [9.17, 15) is 4.79 Å². The second-order valence-electron chi connectivity index (χ2n) is 4.85. The number of amides is 1.